The highest BCUT2D eigenvalue weighted by Gasteiger charge is 2.24. The summed E-state index contributed by atoms with van der Waals surface area (Å²) in [5, 5.41) is 0. The average Bonchev–Trinajstić information content (AvgIpc) is 2.99. The zero-order chi connectivity index (χ0) is 18.0. The molecular weight excluding hydrogens is 360 g/mol. The van der Waals surface area contributed by atoms with Crippen molar-refractivity contribution in [1.29, 1.82) is 0 Å². The molecule has 1 aliphatic carbocycles. The molecule has 1 aromatic rings. The molecule has 0 unspecified atom stereocenters. The number of rotatable bonds is 7. The van der Waals surface area contributed by atoms with Crippen molar-refractivity contribution in [3.8, 4) is 0 Å². The number of fused-ring (bicyclic) bond motifs is 1. The highest BCUT2D eigenvalue weighted by Crippen LogP contribution is 2.25. The lowest BCUT2D eigenvalue weighted by Gasteiger charge is -2.29. The molecule has 2 N–H and O–H groups in total. The third kappa shape index (κ3) is 5.69. The van der Waals surface area contributed by atoms with E-state index in [-0.39, 0.29) is 35.9 Å². The van der Waals surface area contributed by atoms with Crippen LogP contribution in [0.2, 0.25) is 0 Å². The largest absolute Gasteiger partial charge is 0.345 e. The lowest BCUT2D eigenvalue weighted by molar-refractivity contribution is -0.130. The Kier molecular flexibility index (Phi) is 7.47. The summed E-state index contributed by atoms with van der Waals surface area (Å²) >= 11 is 0. The highest BCUT2D eigenvalue weighted by molar-refractivity contribution is 7.91. The highest BCUT2D eigenvalue weighted by atomic mass is 35.5. The zero-order valence-corrected chi connectivity index (χ0v) is 16.9. The van der Waals surface area contributed by atoms with Gasteiger partial charge in [0.15, 0.2) is 9.84 Å². The first-order chi connectivity index (χ1) is 11.1. The van der Waals surface area contributed by atoms with Crippen LogP contribution in [0, 0.1) is 5.41 Å². The topological polar surface area (TPSA) is 80.5 Å². The summed E-state index contributed by atoms with van der Waals surface area (Å²) < 4.78 is 25.0. The van der Waals surface area contributed by atoms with Crippen molar-refractivity contribution in [2.24, 2.45) is 11.1 Å². The minimum atomic E-state index is -3.43. The molecule has 0 saturated carbocycles. The van der Waals surface area contributed by atoms with Gasteiger partial charge in [-0.2, -0.15) is 0 Å². The van der Waals surface area contributed by atoms with Crippen molar-refractivity contribution in [3.05, 3.63) is 29.3 Å². The normalized spacial score (nSPS) is 13.9. The maximum atomic E-state index is 12.5. The van der Waals surface area contributed by atoms with Crippen molar-refractivity contribution in [1.82, 2.24) is 4.90 Å². The summed E-state index contributed by atoms with van der Waals surface area (Å²) in [6.07, 6.45) is 3.04. The smallest absolute Gasteiger partial charge is 0.223 e. The first-order valence-corrected chi connectivity index (χ1v) is 10.1. The van der Waals surface area contributed by atoms with E-state index < -0.39 is 9.84 Å². The van der Waals surface area contributed by atoms with E-state index in [1.54, 1.807) is 24.1 Å². The number of sulfone groups is 1. The number of benzene rings is 1. The van der Waals surface area contributed by atoms with E-state index in [4.69, 9.17) is 5.73 Å². The maximum Gasteiger partial charge on any atom is 0.223 e. The predicted octanol–water partition coefficient (Wildman–Crippen LogP) is 2.20. The number of hydrogen-bond acceptors (Lipinski definition) is 4. The van der Waals surface area contributed by atoms with Crippen LogP contribution in [0.3, 0.4) is 0 Å². The summed E-state index contributed by atoms with van der Waals surface area (Å²) in [5.41, 5.74) is 7.88. The Morgan fingerprint density at radius 3 is 2.52 bits per heavy atom. The quantitative estimate of drug-likeness (QED) is 0.776. The van der Waals surface area contributed by atoms with Crippen LogP contribution in [0.4, 0.5) is 0 Å². The third-order valence-corrected chi connectivity index (χ3v) is 6.37. The third-order valence-electron chi connectivity index (χ3n) is 4.66. The van der Waals surface area contributed by atoms with E-state index in [9.17, 15) is 13.2 Å². The Labute approximate surface area is 157 Å². The number of carbonyl (C=O) groups is 1. The minimum absolute atomic E-state index is 0. The molecule has 0 atom stereocenters. The predicted molar refractivity (Wildman–Crippen MR) is 103 cm³/mol. The molecule has 1 aromatic carbocycles. The summed E-state index contributed by atoms with van der Waals surface area (Å²) in [6, 6.07) is 5.36. The van der Waals surface area contributed by atoms with Crippen LogP contribution < -0.4 is 5.73 Å². The summed E-state index contributed by atoms with van der Waals surface area (Å²) in [6.45, 7) is 4.95. The van der Waals surface area contributed by atoms with Crippen molar-refractivity contribution in [2.45, 2.75) is 44.4 Å². The molecule has 2 rings (SSSR count). The van der Waals surface area contributed by atoms with Crippen molar-refractivity contribution >= 4 is 28.2 Å². The molecule has 0 fully saturated rings. The Bertz CT molecular complexity index is 717. The van der Waals surface area contributed by atoms with Crippen LogP contribution in [0.25, 0.3) is 0 Å². The lowest BCUT2D eigenvalue weighted by Crippen LogP contribution is -2.40. The number of nitrogens with two attached hydrogens (primary N) is 1. The molecule has 1 amide bonds. The molecule has 5 nitrogen and oxygen atoms in total. The zero-order valence-electron chi connectivity index (χ0n) is 15.2. The summed E-state index contributed by atoms with van der Waals surface area (Å²) in [5.74, 6) is -0.320. The SMILES string of the molecule is CN(CC(C)(C)CN)C(=O)CCS(=O)(=O)c1ccc2c(c1)CCC2.Cl. The molecule has 0 aliphatic heterocycles. The lowest BCUT2D eigenvalue weighted by atomic mass is 9.93. The summed E-state index contributed by atoms with van der Waals surface area (Å²) in [7, 11) is -1.74. The number of aryl methyl sites for hydroxylation is 2. The van der Waals surface area contributed by atoms with E-state index >= 15 is 0 Å². The minimum Gasteiger partial charge on any atom is -0.345 e. The second-order valence-electron chi connectivity index (χ2n) is 7.47. The van der Waals surface area contributed by atoms with Crippen LogP contribution in [0.1, 0.15) is 37.8 Å². The Balaban J connectivity index is 0.00000312. The Hall–Kier alpha value is -1.11. The van der Waals surface area contributed by atoms with Crippen LogP contribution in [0.5, 0.6) is 0 Å². The van der Waals surface area contributed by atoms with Gasteiger partial charge >= 0.3 is 0 Å². The van der Waals surface area contributed by atoms with Gasteiger partial charge < -0.3 is 10.6 Å². The number of nitrogens with zero attached hydrogens (tertiary/aromatic N) is 1. The van der Waals surface area contributed by atoms with Gasteiger partial charge in [-0.15, -0.1) is 12.4 Å². The molecule has 25 heavy (non-hydrogen) atoms. The van der Waals surface area contributed by atoms with E-state index in [1.807, 2.05) is 19.9 Å². The van der Waals surface area contributed by atoms with Crippen molar-refractivity contribution < 1.29 is 13.2 Å². The molecule has 0 aromatic heterocycles. The first kappa shape index (κ1) is 21.9. The van der Waals surface area contributed by atoms with Gasteiger partial charge in [-0.25, -0.2) is 8.42 Å². The number of hydrogen-bond donors (Lipinski definition) is 1. The molecule has 142 valence electrons. The van der Waals surface area contributed by atoms with Crippen LogP contribution in [-0.4, -0.2) is 45.1 Å². The fourth-order valence-corrected chi connectivity index (χ4v) is 4.34. The van der Waals surface area contributed by atoms with Gasteiger partial charge in [0.2, 0.25) is 5.91 Å². The van der Waals surface area contributed by atoms with Gasteiger partial charge in [-0.1, -0.05) is 19.9 Å². The van der Waals surface area contributed by atoms with Gasteiger partial charge in [-0.05, 0) is 54.5 Å². The molecular formula is C18H29ClN2O3S. The Morgan fingerprint density at radius 2 is 1.88 bits per heavy atom. The van der Waals surface area contributed by atoms with E-state index in [0.717, 1.165) is 24.8 Å². The van der Waals surface area contributed by atoms with Gasteiger partial charge in [0.05, 0.1) is 10.6 Å². The van der Waals surface area contributed by atoms with E-state index in [0.29, 0.717) is 18.0 Å². The van der Waals surface area contributed by atoms with Crippen LogP contribution in [0.15, 0.2) is 23.1 Å². The Morgan fingerprint density at radius 1 is 1.24 bits per heavy atom. The van der Waals surface area contributed by atoms with Gasteiger partial charge in [0.25, 0.3) is 0 Å². The van der Waals surface area contributed by atoms with E-state index in [1.165, 1.54) is 5.56 Å². The maximum absolute atomic E-state index is 12.5. The van der Waals surface area contributed by atoms with Crippen LogP contribution >= 0.6 is 12.4 Å². The van der Waals surface area contributed by atoms with Crippen LogP contribution in [-0.2, 0) is 27.5 Å². The fraction of sp³-hybridized carbons (Fsp3) is 0.611. The van der Waals surface area contributed by atoms with Gasteiger partial charge in [0.1, 0.15) is 0 Å². The summed E-state index contributed by atoms with van der Waals surface area (Å²) in [4.78, 5) is 14.1. The van der Waals surface area contributed by atoms with Crippen molar-refractivity contribution in [2.75, 3.05) is 25.9 Å². The fourth-order valence-electron chi connectivity index (χ4n) is 3.07. The first-order valence-electron chi connectivity index (χ1n) is 8.43. The number of halogens is 1. The van der Waals surface area contributed by atoms with E-state index in [2.05, 4.69) is 0 Å². The molecule has 0 radical (unpaired) electrons. The second-order valence-corrected chi connectivity index (χ2v) is 9.58. The average molecular weight is 389 g/mol. The van der Waals surface area contributed by atoms with Crippen molar-refractivity contribution in [3.63, 3.8) is 0 Å². The molecule has 0 heterocycles. The molecule has 0 spiro atoms. The monoisotopic (exact) mass is 388 g/mol. The molecule has 1 aliphatic rings. The number of carbonyl (C=O) groups excluding carboxylic acids is 1. The second kappa shape index (κ2) is 8.52. The number of amides is 1. The molecule has 0 bridgehead atoms. The molecule has 0 saturated heterocycles. The van der Waals surface area contributed by atoms with Gasteiger partial charge in [-0.3, -0.25) is 4.79 Å². The molecule has 7 heteroatoms. The van der Waals surface area contributed by atoms with Gasteiger partial charge in [0, 0.05) is 20.0 Å². The standard InChI is InChI=1S/C18H28N2O3S.ClH/c1-18(2,12-19)13-20(3)17(21)9-10-24(22,23)16-8-7-14-5-4-6-15(14)11-16;/h7-8,11H,4-6,9-10,12-13,19H2,1-3H3;1H.